The van der Waals surface area contributed by atoms with E-state index >= 15 is 0 Å². The predicted molar refractivity (Wildman–Crippen MR) is 405 cm³/mol. The maximum Gasteiger partial charge on any atom is 0.472 e. The largest absolute Gasteiger partial charge is 0.472 e. The predicted octanol–water partition coefficient (Wildman–Crippen LogP) is 24.0. The molecule has 0 spiro atoms. The minimum absolute atomic E-state index is 0.107. The molecule has 0 aliphatic carbocycles. The number of ether oxygens (including phenoxy) is 4. The van der Waals surface area contributed by atoms with Gasteiger partial charge in [-0.1, -0.05) is 375 Å². The van der Waals surface area contributed by atoms with Crippen LogP contribution in [0.15, 0.2) is 0 Å². The van der Waals surface area contributed by atoms with Gasteiger partial charge >= 0.3 is 39.5 Å². The SMILES string of the molecule is CCCCCCCCCCCCCCCCCCCCCC(=O)OC[C@H](COP(=O)(O)OC[C@@H](O)COP(=O)(O)OC[C@@H](COC(=O)CCCCCCCCC(C)C)OC(=O)CCCCCCCCCCCCCC)OC(=O)CCCCCCCCCCCCCCCCCCCCC. The van der Waals surface area contributed by atoms with E-state index in [0.717, 1.165) is 96.3 Å². The fourth-order valence-electron chi connectivity index (χ4n) is 12.4. The summed E-state index contributed by atoms with van der Waals surface area (Å²) in [6, 6.07) is 0. The van der Waals surface area contributed by atoms with Crippen LogP contribution in [0.3, 0.4) is 0 Å². The Bertz CT molecular complexity index is 1890. The van der Waals surface area contributed by atoms with Gasteiger partial charge in [0.05, 0.1) is 26.4 Å². The highest BCUT2D eigenvalue weighted by Crippen LogP contribution is 2.45. The maximum atomic E-state index is 13.1. The quantitative estimate of drug-likeness (QED) is 0.0222. The van der Waals surface area contributed by atoms with Crippen LogP contribution in [0.2, 0.25) is 0 Å². The van der Waals surface area contributed by atoms with E-state index < -0.39 is 97.5 Å². The molecule has 0 saturated carbocycles. The van der Waals surface area contributed by atoms with Gasteiger partial charge in [-0.15, -0.1) is 0 Å². The standard InChI is InChI=1S/C80H156O17P2/c1-6-9-12-15-18-21-24-27-29-31-33-35-37-39-42-44-47-53-58-63-77(82)90-69-75(96-80(85)66-61-56-49-46-43-40-38-36-34-32-30-28-25-22-19-16-13-10-7-2)71-94-98(86,87)92-67-74(81)68-93-99(88,89)95-72-76(70-91-78(83)64-59-54-51-50-52-57-62-73(4)5)97-79(84)65-60-55-48-45-41-26-23-20-17-14-11-8-3/h73-76,81H,6-72H2,1-5H3,(H,86,87)(H,88,89)/t74-,75-,76-/m1/s1. The molecule has 0 aromatic carbocycles. The van der Waals surface area contributed by atoms with E-state index in [2.05, 4.69) is 34.6 Å². The van der Waals surface area contributed by atoms with Crippen LogP contribution in [0.1, 0.15) is 426 Å². The Morgan fingerprint density at radius 1 is 0.273 bits per heavy atom. The number of carbonyl (C=O) groups excluding carboxylic acids is 4. The molecule has 99 heavy (non-hydrogen) atoms. The molecule has 0 saturated heterocycles. The molecule has 0 bridgehead atoms. The van der Waals surface area contributed by atoms with Crippen LogP contribution in [-0.2, 0) is 65.4 Å². The van der Waals surface area contributed by atoms with Crippen molar-refractivity contribution in [3.63, 3.8) is 0 Å². The zero-order chi connectivity index (χ0) is 72.7. The van der Waals surface area contributed by atoms with Crippen LogP contribution in [0.5, 0.6) is 0 Å². The van der Waals surface area contributed by atoms with Crippen molar-refractivity contribution in [1.82, 2.24) is 0 Å². The maximum absolute atomic E-state index is 13.1. The third-order valence-corrected chi connectivity index (χ3v) is 20.7. The molecular formula is C80H156O17P2. The molecule has 2 unspecified atom stereocenters. The first-order valence-corrected chi connectivity index (χ1v) is 44.6. The molecule has 0 aromatic rings. The van der Waals surface area contributed by atoms with Gasteiger partial charge in [-0.25, -0.2) is 9.13 Å². The number of phosphoric acid groups is 2. The van der Waals surface area contributed by atoms with Crippen molar-refractivity contribution in [3.8, 4) is 0 Å². The summed E-state index contributed by atoms with van der Waals surface area (Å²) in [4.78, 5) is 72.9. The Balaban J connectivity index is 5.20. The molecule has 0 amide bonds. The lowest BCUT2D eigenvalue weighted by Crippen LogP contribution is -2.30. The monoisotopic (exact) mass is 1450 g/mol. The fourth-order valence-corrected chi connectivity index (χ4v) is 14.0. The molecular weight excluding hydrogens is 1290 g/mol. The third-order valence-electron chi connectivity index (χ3n) is 18.8. The van der Waals surface area contributed by atoms with Gasteiger partial charge in [0.1, 0.15) is 19.3 Å². The average Bonchev–Trinajstić information content (AvgIpc) is 1.88. The molecule has 0 aromatic heterocycles. The Hall–Kier alpha value is -1.94. The number of phosphoric ester groups is 2. The van der Waals surface area contributed by atoms with Gasteiger partial charge in [-0.05, 0) is 31.6 Å². The third kappa shape index (κ3) is 74.1. The van der Waals surface area contributed by atoms with Crippen molar-refractivity contribution < 1.29 is 80.2 Å². The average molecular weight is 1450 g/mol. The highest BCUT2D eigenvalue weighted by atomic mass is 31.2. The lowest BCUT2D eigenvalue weighted by molar-refractivity contribution is -0.161. The summed E-state index contributed by atoms with van der Waals surface area (Å²) in [7, 11) is -9.91. The second kappa shape index (κ2) is 73.0. The lowest BCUT2D eigenvalue weighted by Gasteiger charge is -2.21. The molecule has 3 N–H and O–H groups in total. The Morgan fingerprint density at radius 3 is 0.687 bits per heavy atom. The first-order valence-electron chi connectivity index (χ1n) is 41.6. The van der Waals surface area contributed by atoms with E-state index in [1.54, 1.807) is 0 Å². The molecule has 17 nitrogen and oxygen atoms in total. The molecule has 0 aliphatic rings. The highest BCUT2D eigenvalue weighted by Gasteiger charge is 2.30. The summed E-state index contributed by atoms with van der Waals surface area (Å²) in [5.74, 6) is -1.43. The first-order chi connectivity index (χ1) is 48.0. The van der Waals surface area contributed by atoms with Gasteiger partial charge in [-0.2, -0.15) is 0 Å². The second-order valence-corrected chi connectivity index (χ2v) is 32.2. The number of rotatable bonds is 80. The van der Waals surface area contributed by atoms with Crippen molar-refractivity contribution >= 4 is 39.5 Å². The summed E-state index contributed by atoms with van der Waals surface area (Å²) >= 11 is 0. The Kier molecular flexibility index (Phi) is 71.6. The number of esters is 4. The zero-order valence-corrected chi connectivity index (χ0v) is 66.4. The van der Waals surface area contributed by atoms with E-state index in [0.29, 0.717) is 31.6 Å². The van der Waals surface area contributed by atoms with Crippen LogP contribution < -0.4 is 0 Å². The fraction of sp³-hybridized carbons (Fsp3) is 0.950. The van der Waals surface area contributed by atoms with Crippen molar-refractivity contribution in [2.45, 2.75) is 445 Å². The molecule has 0 radical (unpaired) electrons. The van der Waals surface area contributed by atoms with Crippen LogP contribution in [0.25, 0.3) is 0 Å². The minimum atomic E-state index is -4.96. The van der Waals surface area contributed by atoms with Crippen LogP contribution in [0.4, 0.5) is 0 Å². The number of aliphatic hydroxyl groups is 1. The summed E-state index contributed by atoms with van der Waals surface area (Å²) in [6.07, 6.45) is 64.1. The second-order valence-electron chi connectivity index (χ2n) is 29.3. The van der Waals surface area contributed by atoms with E-state index in [-0.39, 0.29) is 25.7 Å². The van der Waals surface area contributed by atoms with Crippen molar-refractivity contribution in [1.29, 1.82) is 0 Å². The van der Waals surface area contributed by atoms with E-state index in [9.17, 15) is 43.2 Å². The van der Waals surface area contributed by atoms with E-state index in [4.69, 9.17) is 37.0 Å². The molecule has 0 fully saturated rings. The topological polar surface area (TPSA) is 237 Å². The zero-order valence-electron chi connectivity index (χ0n) is 64.6. The van der Waals surface area contributed by atoms with Crippen molar-refractivity contribution in [2.75, 3.05) is 39.6 Å². The van der Waals surface area contributed by atoms with Gasteiger partial charge in [-0.3, -0.25) is 37.3 Å². The highest BCUT2D eigenvalue weighted by molar-refractivity contribution is 7.47. The minimum Gasteiger partial charge on any atom is -0.462 e. The van der Waals surface area contributed by atoms with Crippen molar-refractivity contribution in [3.05, 3.63) is 0 Å². The normalized spacial score (nSPS) is 13.9. The molecule has 19 heteroatoms. The van der Waals surface area contributed by atoms with Gasteiger partial charge in [0.2, 0.25) is 0 Å². The Labute approximate surface area is 607 Å². The van der Waals surface area contributed by atoms with Gasteiger partial charge in [0.25, 0.3) is 0 Å². The molecule has 0 rings (SSSR count). The Morgan fingerprint density at radius 2 is 0.465 bits per heavy atom. The number of carbonyl (C=O) groups is 4. The number of hydrogen-bond acceptors (Lipinski definition) is 15. The molecule has 0 aliphatic heterocycles. The number of aliphatic hydroxyl groups excluding tert-OH is 1. The molecule has 0 heterocycles. The molecule has 588 valence electrons. The van der Waals surface area contributed by atoms with E-state index in [1.807, 2.05) is 0 Å². The smallest absolute Gasteiger partial charge is 0.462 e. The van der Waals surface area contributed by atoms with Gasteiger partial charge < -0.3 is 33.8 Å². The van der Waals surface area contributed by atoms with Crippen molar-refractivity contribution in [2.24, 2.45) is 5.92 Å². The number of hydrogen-bond donors (Lipinski definition) is 3. The summed E-state index contributed by atoms with van der Waals surface area (Å²) < 4.78 is 68.6. The van der Waals surface area contributed by atoms with Crippen LogP contribution in [0, 0.1) is 5.92 Å². The molecule has 5 atom stereocenters. The lowest BCUT2D eigenvalue weighted by atomic mass is 10.0. The summed E-state index contributed by atoms with van der Waals surface area (Å²) in [5.41, 5.74) is 0. The van der Waals surface area contributed by atoms with Gasteiger partial charge in [0, 0.05) is 25.7 Å². The van der Waals surface area contributed by atoms with E-state index in [1.165, 1.54) is 244 Å². The summed E-state index contributed by atoms with van der Waals surface area (Å²) in [5, 5.41) is 10.6. The first kappa shape index (κ1) is 97.1. The van der Waals surface area contributed by atoms with Crippen LogP contribution >= 0.6 is 15.6 Å². The number of unbranched alkanes of at least 4 members (excludes halogenated alkanes) is 52. The van der Waals surface area contributed by atoms with Crippen LogP contribution in [-0.4, -0.2) is 96.7 Å². The summed E-state index contributed by atoms with van der Waals surface area (Å²) in [6.45, 7) is 7.24. The van der Waals surface area contributed by atoms with Gasteiger partial charge in [0.15, 0.2) is 12.2 Å².